The number of nitrogens with zero attached hydrogens (tertiary/aromatic N) is 1. The number of aryl methyl sites for hydroxylation is 1. The van der Waals surface area contributed by atoms with Crippen molar-refractivity contribution in [2.24, 2.45) is 0 Å². The fraction of sp³-hybridized carbons (Fsp3) is 0.211. The lowest BCUT2D eigenvalue weighted by Gasteiger charge is -2.22. The monoisotopic (exact) mass is 290 g/mol. The number of amides is 1. The number of aromatic amines is 1. The van der Waals surface area contributed by atoms with Crippen molar-refractivity contribution in [1.29, 1.82) is 0 Å². The van der Waals surface area contributed by atoms with Crippen LogP contribution in [-0.2, 0) is 6.42 Å². The summed E-state index contributed by atoms with van der Waals surface area (Å²) in [5.41, 5.74) is 5.03. The van der Waals surface area contributed by atoms with Crippen LogP contribution in [0.2, 0.25) is 0 Å². The zero-order valence-electron chi connectivity index (χ0n) is 12.8. The number of aromatic nitrogens is 1. The highest BCUT2D eigenvalue weighted by Crippen LogP contribution is 2.34. The molecule has 110 valence electrons. The molecule has 1 N–H and O–H groups in total. The molecule has 1 unspecified atom stereocenters. The Morgan fingerprint density at radius 2 is 1.86 bits per heavy atom. The van der Waals surface area contributed by atoms with Gasteiger partial charge in [-0.3, -0.25) is 4.79 Å². The van der Waals surface area contributed by atoms with Gasteiger partial charge in [-0.2, -0.15) is 0 Å². The van der Waals surface area contributed by atoms with E-state index in [-0.39, 0.29) is 11.9 Å². The van der Waals surface area contributed by atoms with E-state index in [9.17, 15) is 4.79 Å². The van der Waals surface area contributed by atoms with Gasteiger partial charge in [0.1, 0.15) is 5.69 Å². The molecule has 0 radical (unpaired) electrons. The minimum absolute atomic E-state index is 0.0613. The van der Waals surface area contributed by atoms with E-state index in [0.717, 1.165) is 28.6 Å². The van der Waals surface area contributed by atoms with Gasteiger partial charge in [0.2, 0.25) is 0 Å². The van der Waals surface area contributed by atoms with Gasteiger partial charge in [-0.05, 0) is 43.5 Å². The number of carbonyl (C=O) groups is 1. The number of anilines is 1. The first-order valence-corrected chi connectivity index (χ1v) is 7.65. The van der Waals surface area contributed by atoms with Crippen LogP contribution >= 0.6 is 0 Å². The summed E-state index contributed by atoms with van der Waals surface area (Å²) in [7, 11) is 0. The van der Waals surface area contributed by atoms with Crippen LogP contribution in [0.5, 0.6) is 0 Å². The smallest absolute Gasteiger partial charge is 0.275 e. The molecule has 1 amide bonds. The van der Waals surface area contributed by atoms with Gasteiger partial charge in [0.25, 0.3) is 5.91 Å². The van der Waals surface area contributed by atoms with E-state index >= 15 is 0 Å². The summed E-state index contributed by atoms with van der Waals surface area (Å²) in [5.74, 6) is 0.0613. The van der Waals surface area contributed by atoms with Crippen LogP contribution in [0.15, 0.2) is 48.5 Å². The summed E-state index contributed by atoms with van der Waals surface area (Å²) in [6.45, 7) is 4.12. The molecule has 3 aromatic rings. The second-order valence-electron chi connectivity index (χ2n) is 6.03. The van der Waals surface area contributed by atoms with Gasteiger partial charge in [-0.1, -0.05) is 36.4 Å². The summed E-state index contributed by atoms with van der Waals surface area (Å²) in [5, 5.41) is 1.12. The highest BCUT2D eigenvalue weighted by Gasteiger charge is 2.32. The first kappa shape index (κ1) is 13.1. The van der Waals surface area contributed by atoms with Crippen molar-refractivity contribution in [1.82, 2.24) is 4.98 Å². The van der Waals surface area contributed by atoms with Gasteiger partial charge in [0.05, 0.1) is 0 Å². The Morgan fingerprint density at radius 3 is 2.68 bits per heavy atom. The quantitative estimate of drug-likeness (QED) is 0.720. The van der Waals surface area contributed by atoms with E-state index in [1.54, 1.807) is 0 Å². The molecule has 22 heavy (non-hydrogen) atoms. The molecule has 0 fully saturated rings. The summed E-state index contributed by atoms with van der Waals surface area (Å²) < 4.78 is 0. The molecule has 0 aliphatic carbocycles. The van der Waals surface area contributed by atoms with Gasteiger partial charge in [-0.15, -0.1) is 0 Å². The SMILES string of the molecule is Cc1c(C(=O)N2c3ccccc3CC2C)[nH]c2ccccc12. The molecular weight excluding hydrogens is 272 g/mol. The van der Waals surface area contributed by atoms with E-state index in [4.69, 9.17) is 0 Å². The fourth-order valence-corrected chi connectivity index (χ4v) is 3.49. The number of rotatable bonds is 1. The Balaban J connectivity index is 1.82. The van der Waals surface area contributed by atoms with E-state index in [0.29, 0.717) is 5.69 Å². The Bertz CT molecular complexity index is 878. The van der Waals surface area contributed by atoms with Gasteiger partial charge >= 0.3 is 0 Å². The van der Waals surface area contributed by atoms with Gasteiger partial charge in [-0.25, -0.2) is 0 Å². The Hall–Kier alpha value is -2.55. The lowest BCUT2D eigenvalue weighted by Crippen LogP contribution is -2.36. The zero-order chi connectivity index (χ0) is 15.3. The Morgan fingerprint density at radius 1 is 1.14 bits per heavy atom. The lowest BCUT2D eigenvalue weighted by molar-refractivity contribution is 0.0977. The van der Waals surface area contributed by atoms with E-state index in [1.165, 1.54) is 5.56 Å². The molecule has 1 aliphatic heterocycles. The van der Waals surface area contributed by atoms with Crippen LogP contribution in [-0.4, -0.2) is 16.9 Å². The van der Waals surface area contributed by atoms with Gasteiger partial charge in [0, 0.05) is 22.6 Å². The minimum atomic E-state index is 0.0613. The van der Waals surface area contributed by atoms with Crippen molar-refractivity contribution in [3.05, 3.63) is 65.4 Å². The van der Waals surface area contributed by atoms with E-state index in [1.807, 2.05) is 48.2 Å². The molecule has 2 aromatic carbocycles. The molecule has 4 rings (SSSR count). The highest BCUT2D eigenvalue weighted by molar-refractivity contribution is 6.10. The third kappa shape index (κ3) is 1.78. The minimum Gasteiger partial charge on any atom is -0.350 e. The summed E-state index contributed by atoms with van der Waals surface area (Å²) in [4.78, 5) is 18.3. The number of benzene rings is 2. The molecule has 0 saturated carbocycles. The second kappa shape index (κ2) is 4.73. The molecule has 2 heterocycles. The average molecular weight is 290 g/mol. The van der Waals surface area contributed by atoms with Crippen molar-refractivity contribution >= 4 is 22.5 Å². The molecule has 3 nitrogen and oxygen atoms in total. The second-order valence-corrected chi connectivity index (χ2v) is 6.03. The number of hydrogen-bond donors (Lipinski definition) is 1. The lowest BCUT2D eigenvalue weighted by atomic mass is 10.1. The van der Waals surface area contributed by atoms with Crippen LogP contribution in [0.3, 0.4) is 0 Å². The maximum Gasteiger partial charge on any atom is 0.275 e. The van der Waals surface area contributed by atoms with Gasteiger partial charge < -0.3 is 9.88 Å². The van der Waals surface area contributed by atoms with Crippen LogP contribution in [0, 0.1) is 6.92 Å². The molecule has 1 atom stereocenters. The maximum atomic E-state index is 13.1. The predicted molar refractivity (Wildman–Crippen MR) is 89.5 cm³/mol. The first-order chi connectivity index (χ1) is 10.7. The summed E-state index contributed by atoms with van der Waals surface area (Å²) >= 11 is 0. The molecule has 1 aromatic heterocycles. The first-order valence-electron chi connectivity index (χ1n) is 7.65. The van der Waals surface area contributed by atoms with Crippen molar-refractivity contribution in [2.75, 3.05) is 4.90 Å². The number of para-hydroxylation sites is 2. The Kier molecular flexibility index (Phi) is 2.83. The highest BCUT2D eigenvalue weighted by atomic mass is 16.2. The van der Waals surface area contributed by atoms with Crippen LogP contribution in [0.1, 0.15) is 28.5 Å². The maximum absolute atomic E-state index is 13.1. The number of H-pyrrole nitrogens is 1. The number of fused-ring (bicyclic) bond motifs is 2. The standard InChI is InChI=1S/C19H18N2O/c1-12-11-14-7-3-6-10-17(14)21(12)19(22)18-13(2)15-8-4-5-9-16(15)20-18/h3-10,12,20H,11H2,1-2H3. The van der Waals surface area contributed by atoms with Crippen LogP contribution in [0.25, 0.3) is 10.9 Å². The van der Waals surface area contributed by atoms with E-state index < -0.39 is 0 Å². The molecule has 0 bridgehead atoms. The van der Waals surface area contributed by atoms with E-state index in [2.05, 4.69) is 24.0 Å². The average Bonchev–Trinajstić information content (AvgIpc) is 3.04. The Labute approximate surface area is 129 Å². The van der Waals surface area contributed by atoms with Gasteiger partial charge in [0.15, 0.2) is 0 Å². The summed E-state index contributed by atoms with van der Waals surface area (Å²) in [6.07, 6.45) is 0.918. The van der Waals surface area contributed by atoms with Crippen molar-refractivity contribution in [2.45, 2.75) is 26.3 Å². The predicted octanol–water partition coefficient (Wildman–Crippen LogP) is 4.07. The summed E-state index contributed by atoms with van der Waals surface area (Å²) in [6, 6.07) is 16.4. The molecule has 0 spiro atoms. The topological polar surface area (TPSA) is 36.1 Å². The fourth-order valence-electron chi connectivity index (χ4n) is 3.49. The molecule has 3 heteroatoms. The van der Waals surface area contributed by atoms with Crippen molar-refractivity contribution in [3.63, 3.8) is 0 Å². The number of nitrogens with one attached hydrogen (secondary N) is 1. The third-order valence-corrected chi connectivity index (χ3v) is 4.61. The van der Waals surface area contributed by atoms with Crippen molar-refractivity contribution in [3.8, 4) is 0 Å². The molecular formula is C19H18N2O. The van der Waals surface area contributed by atoms with Crippen molar-refractivity contribution < 1.29 is 4.79 Å². The normalized spacial score (nSPS) is 17.0. The number of hydrogen-bond acceptors (Lipinski definition) is 1. The third-order valence-electron chi connectivity index (χ3n) is 4.61. The number of carbonyl (C=O) groups excluding carboxylic acids is 1. The molecule has 0 saturated heterocycles. The molecule has 1 aliphatic rings. The van der Waals surface area contributed by atoms with Crippen LogP contribution in [0.4, 0.5) is 5.69 Å². The largest absolute Gasteiger partial charge is 0.350 e. The van der Waals surface area contributed by atoms with Crippen LogP contribution < -0.4 is 4.90 Å². The zero-order valence-corrected chi connectivity index (χ0v) is 12.8.